The molecule has 0 unspecified atom stereocenters. The van der Waals surface area contributed by atoms with Gasteiger partial charge in [-0.15, -0.1) is 0 Å². The fourth-order valence-electron chi connectivity index (χ4n) is 2.96. The van der Waals surface area contributed by atoms with E-state index in [1.807, 2.05) is 37.3 Å². The lowest BCUT2D eigenvalue weighted by Gasteiger charge is -2.35. The molecule has 1 aliphatic heterocycles. The van der Waals surface area contributed by atoms with Crippen molar-refractivity contribution < 1.29 is 14.3 Å². The summed E-state index contributed by atoms with van der Waals surface area (Å²) < 4.78 is 5.40. The number of piperazine rings is 1. The molecule has 0 aliphatic carbocycles. The summed E-state index contributed by atoms with van der Waals surface area (Å²) in [6, 6.07) is 14.3. The van der Waals surface area contributed by atoms with Crippen LogP contribution in [0.4, 0.5) is 0 Å². The topological polar surface area (TPSA) is 49.9 Å². The number of halogens is 1. The fraction of sp³-hybridized carbons (Fsp3) is 0.300. The number of carbonyl (C=O) groups excluding carboxylic acids is 2. The predicted octanol–water partition coefficient (Wildman–Crippen LogP) is 3.34. The molecule has 1 saturated heterocycles. The molecule has 0 atom stereocenters. The number of nitrogens with zero attached hydrogens (tertiary/aromatic N) is 2. The van der Waals surface area contributed by atoms with Crippen LogP contribution in [0.1, 0.15) is 27.6 Å². The molecule has 0 radical (unpaired) electrons. The largest absolute Gasteiger partial charge is 0.492 e. The standard InChI is InChI=1S/C20H21ClN2O3/c1-2-26-18-9-8-16(14-17(18)21)20(25)23-12-10-22(11-13-23)19(24)15-6-4-3-5-7-15/h3-9,14H,2,10-13H2,1H3. The number of amides is 2. The Kier molecular flexibility index (Phi) is 5.78. The van der Waals surface area contributed by atoms with Crippen molar-refractivity contribution in [1.82, 2.24) is 9.80 Å². The summed E-state index contributed by atoms with van der Waals surface area (Å²) >= 11 is 6.18. The third-order valence-corrected chi connectivity index (χ3v) is 4.65. The zero-order valence-electron chi connectivity index (χ0n) is 14.7. The van der Waals surface area contributed by atoms with Crippen molar-refractivity contribution in [3.8, 4) is 5.75 Å². The van der Waals surface area contributed by atoms with E-state index in [0.29, 0.717) is 54.7 Å². The first kappa shape index (κ1) is 18.3. The second-order valence-corrected chi connectivity index (χ2v) is 6.44. The third kappa shape index (κ3) is 3.99. The second-order valence-electron chi connectivity index (χ2n) is 6.03. The van der Waals surface area contributed by atoms with Crippen molar-refractivity contribution in [2.45, 2.75) is 6.92 Å². The van der Waals surface area contributed by atoms with Gasteiger partial charge in [0, 0.05) is 37.3 Å². The minimum atomic E-state index is -0.0817. The van der Waals surface area contributed by atoms with Gasteiger partial charge in [0.25, 0.3) is 11.8 Å². The van der Waals surface area contributed by atoms with Crippen LogP contribution in [-0.2, 0) is 0 Å². The Morgan fingerprint density at radius 1 is 0.923 bits per heavy atom. The molecule has 2 aromatic carbocycles. The Balaban J connectivity index is 1.62. The molecule has 1 heterocycles. The number of ether oxygens (including phenoxy) is 1. The molecule has 0 saturated carbocycles. The smallest absolute Gasteiger partial charge is 0.254 e. The molecule has 1 aliphatic rings. The normalized spacial score (nSPS) is 14.2. The molecule has 0 spiro atoms. The average Bonchev–Trinajstić information content (AvgIpc) is 2.69. The van der Waals surface area contributed by atoms with E-state index in [-0.39, 0.29) is 11.8 Å². The molecular formula is C20H21ClN2O3. The number of benzene rings is 2. The molecule has 2 aromatic rings. The SMILES string of the molecule is CCOc1ccc(C(=O)N2CCN(C(=O)c3ccccc3)CC2)cc1Cl. The molecule has 26 heavy (non-hydrogen) atoms. The molecule has 0 N–H and O–H groups in total. The first-order valence-corrected chi connectivity index (χ1v) is 9.04. The van der Waals surface area contributed by atoms with E-state index in [9.17, 15) is 9.59 Å². The van der Waals surface area contributed by atoms with Crippen LogP contribution in [0.3, 0.4) is 0 Å². The maximum atomic E-state index is 12.7. The van der Waals surface area contributed by atoms with Gasteiger partial charge in [-0.25, -0.2) is 0 Å². The first-order valence-electron chi connectivity index (χ1n) is 8.66. The summed E-state index contributed by atoms with van der Waals surface area (Å²) in [6.07, 6.45) is 0. The maximum absolute atomic E-state index is 12.7. The Morgan fingerprint density at radius 3 is 2.04 bits per heavy atom. The molecular weight excluding hydrogens is 352 g/mol. The van der Waals surface area contributed by atoms with E-state index in [1.165, 1.54) is 0 Å². The monoisotopic (exact) mass is 372 g/mol. The number of hydrogen-bond acceptors (Lipinski definition) is 3. The van der Waals surface area contributed by atoms with E-state index >= 15 is 0 Å². The maximum Gasteiger partial charge on any atom is 0.254 e. The summed E-state index contributed by atoms with van der Waals surface area (Å²) in [5.41, 5.74) is 1.20. The summed E-state index contributed by atoms with van der Waals surface area (Å²) in [5.74, 6) is 0.493. The summed E-state index contributed by atoms with van der Waals surface area (Å²) in [7, 11) is 0. The average molecular weight is 373 g/mol. The van der Waals surface area contributed by atoms with Crippen molar-refractivity contribution in [3.05, 3.63) is 64.7 Å². The first-order chi connectivity index (χ1) is 12.6. The van der Waals surface area contributed by atoms with Gasteiger partial charge in [0.1, 0.15) is 5.75 Å². The lowest BCUT2D eigenvalue weighted by atomic mass is 10.1. The highest BCUT2D eigenvalue weighted by molar-refractivity contribution is 6.32. The number of hydrogen-bond donors (Lipinski definition) is 0. The van der Waals surface area contributed by atoms with Crippen LogP contribution in [0.2, 0.25) is 5.02 Å². The van der Waals surface area contributed by atoms with Gasteiger partial charge in [0.2, 0.25) is 0 Å². The Bertz CT molecular complexity index is 787. The van der Waals surface area contributed by atoms with Crippen LogP contribution in [0.5, 0.6) is 5.75 Å². The Hall–Kier alpha value is -2.53. The van der Waals surface area contributed by atoms with Crippen LogP contribution >= 0.6 is 11.6 Å². The molecule has 136 valence electrons. The number of rotatable bonds is 4. The highest BCUT2D eigenvalue weighted by Crippen LogP contribution is 2.26. The summed E-state index contributed by atoms with van der Waals surface area (Å²) in [5, 5.41) is 0.426. The third-order valence-electron chi connectivity index (χ3n) is 4.35. The zero-order valence-corrected chi connectivity index (χ0v) is 15.4. The molecule has 5 nitrogen and oxygen atoms in total. The van der Waals surface area contributed by atoms with Crippen molar-refractivity contribution in [2.75, 3.05) is 32.8 Å². The van der Waals surface area contributed by atoms with Crippen LogP contribution < -0.4 is 4.74 Å². The zero-order chi connectivity index (χ0) is 18.5. The minimum absolute atomic E-state index is 0.00168. The minimum Gasteiger partial charge on any atom is -0.492 e. The molecule has 0 aromatic heterocycles. The molecule has 2 amide bonds. The van der Waals surface area contributed by atoms with Gasteiger partial charge >= 0.3 is 0 Å². The van der Waals surface area contributed by atoms with E-state index in [2.05, 4.69) is 0 Å². The lowest BCUT2D eigenvalue weighted by molar-refractivity contribution is 0.0535. The highest BCUT2D eigenvalue weighted by Gasteiger charge is 2.25. The van der Waals surface area contributed by atoms with E-state index in [4.69, 9.17) is 16.3 Å². The molecule has 6 heteroatoms. The van der Waals surface area contributed by atoms with Crippen molar-refractivity contribution in [2.24, 2.45) is 0 Å². The highest BCUT2D eigenvalue weighted by atomic mass is 35.5. The van der Waals surface area contributed by atoms with Crippen LogP contribution in [-0.4, -0.2) is 54.4 Å². The Labute approximate surface area is 158 Å². The van der Waals surface area contributed by atoms with E-state index in [1.54, 1.807) is 28.0 Å². The lowest BCUT2D eigenvalue weighted by Crippen LogP contribution is -2.50. The van der Waals surface area contributed by atoms with Crippen molar-refractivity contribution >= 4 is 23.4 Å². The van der Waals surface area contributed by atoms with E-state index < -0.39 is 0 Å². The molecule has 3 rings (SSSR count). The van der Waals surface area contributed by atoms with Gasteiger partial charge in [-0.2, -0.15) is 0 Å². The fourth-order valence-corrected chi connectivity index (χ4v) is 3.20. The van der Waals surface area contributed by atoms with Gasteiger partial charge in [-0.3, -0.25) is 9.59 Å². The van der Waals surface area contributed by atoms with Gasteiger partial charge in [0.15, 0.2) is 0 Å². The van der Waals surface area contributed by atoms with Crippen LogP contribution in [0.15, 0.2) is 48.5 Å². The van der Waals surface area contributed by atoms with Crippen LogP contribution in [0, 0.1) is 0 Å². The number of carbonyl (C=O) groups is 2. The van der Waals surface area contributed by atoms with Gasteiger partial charge in [-0.05, 0) is 37.3 Å². The Morgan fingerprint density at radius 2 is 1.50 bits per heavy atom. The van der Waals surface area contributed by atoms with Crippen molar-refractivity contribution in [3.63, 3.8) is 0 Å². The molecule has 1 fully saturated rings. The van der Waals surface area contributed by atoms with Gasteiger partial charge in [-0.1, -0.05) is 29.8 Å². The predicted molar refractivity (Wildman–Crippen MR) is 101 cm³/mol. The second kappa shape index (κ2) is 8.23. The van der Waals surface area contributed by atoms with Crippen molar-refractivity contribution in [1.29, 1.82) is 0 Å². The quantitative estimate of drug-likeness (QED) is 0.827. The summed E-state index contributed by atoms with van der Waals surface area (Å²) in [4.78, 5) is 28.7. The summed E-state index contributed by atoms with van der Waals surface area (Å²) in [6.45, 7) is 4.44. The van der Waals surface area contributed by atoms with Gasteiger partial charge in [0.05, 0.1) is 11.6 Å². The van der Waals surface area contributed by atoms with E-state index in [0.717, 1.165) is 0 Å². The van der Waals surface area contributed by atoms with Gasteiger partial charge < -0.3 is 14.5 Å². The molecule has 0 bridgehead atoms. The van der Waals surface area contributed by atoms with Crippen LogP contribution in [0.25, 0.3) is 0 Å².